The van der Waals surface area contributed by atoms with Crippen LogP contribution in [-0.4, -0.2) is 20.6 Å². The van der Waals surface area contributed by atoms with Gasteiger partial charge in [-0.05, 0) is 37.0 Å². The predicted octanol–water partition coefficient (Wildman–Crippen LogP) is 3.00. The number of sulfone groups is 1. The summed E-state index contributed by atoms with van der Waals surface area (Å²) in [6.07, 6.45) is 7.63. The quantitative estimate of drug-likeness (QED) is 0.928. The Morgan fingerprint density at radius 3 is 2.60 bits per heavy atom. The summed E-state index contributed by atoms with van der Waals surface area (Å²) in [4.78, 5) is 12.2. The lowest BCUT2D eigenvalue weighted by Crippen LogP contribution is -2.18. The fourth-order valence-electron chi connectivity index (χ4n) is 2.67. The number of rotatable bonds is 4. The summed E-state index contributed by atoms with van der Waals surface area (Å²) < 4.78 is 23.0. The van der Waals surface area contributed by atoms with Gasteiger partial charge in [0.2, 0.25) is 5.91 Å². The van der Waals surface area contributed by atoms with Crippen LogP contribution in [0.1, 0.15) is 38.5 Å². The molecule has 1 aromatic rings. The zero-order valence-corrected chi connectivity index (χ0v) is 12.6. The Morgan fingerprint density at radius 2 is 1.95 bits per heavy atom. The molecule has 0 saturated heterocycles. The molecule has 5 heteroatoms. The summed E-state index contributed by atoms with van der Waals surface area (Å²) >= 11 is 0. The van der Waals surface area contributed by atoms with Gasteiger partial charge >= 0.3 is 0 Å². The third-order valence-corrected chi connectivity index (χ3v) is 4.85. The van der Waals surface area contributed by atoms with Crippen molar-refractivity contribution < 1.29 is 13.2 Å². The van der Waals surface area contributed by atoms with Crippen LogP contribution in [0.15, 0.2) is 29.2 Å². The third-order valence-electron chi connectivity index (χ3n) is 3.74. The topological polar surface area (TPSA) is 63.2 Å². The Labute approximate surface area is 120 Å². The minimum Gasteiger partial charge on any atom is -0.326 e. The summed E-state index contributed by atoms with van der Waals surface area (Å²) in [5, 5.41) is 2.80. The molecule has 1 N–H and O–H groups in total. The van der Waals surface area contributed by atoms with Gasteiger partial charge in [0.05, 0.1) is 4.90 Å². The molecule has 0 spiro atoms. The van der Waals surface area contributed by atoms with E-state index in [0.29, 0.717) is 18.0 Å². The molecule has 0 bridgehead atoms. The zero-order chi connectivity index (χ0) is 14.6. The second-order valence-electron chi connectivity index (χ2n) is 5.56. The molecule has 1 aliphatic rings. The number of nitrogens with one attached hydrogen (secondary N) is 1. The van der Waals surface area contributed by atoms with Crippen LogP contribution >= 0.6 is 0 Å². The van der Waals surface area contributed by atoms with Crippen molar-refractivity contribution in [2.45, 2.75) is 43.4 Å². The van der Waals surface area contributed by atoms with Gasteiger partial charge in [-0.1, -0.05) is 25.3 Å². The van der Waals surface area contributed by atoms with Gasteiger partial charge in [0, 0.05) is 18.4 Å². The highest BCUT2D eigenvalue weighted by molar-refractivity contribution is 7.90. The molecule has 1 saturated carbocycles. The predicted molar refractivity (Wildman–Crippen MR) is 79.4 cm³/mol. The smallest absolute Gasteiger partial charge is 0.224 e. The molecule has 0 radical (unpaired) electrons. The second-order valence-corrected chi connectivity index (χ2v) is 7.57. The Kier molecular flexibility index (Phi) is 4.81. The molecule has 20 heavy (non-hydrogen) atoms. The second kappa shape index (κ2) is 6.39. The average molecular weight is 295 g/mol. The van der Waals surface area contributed by atoms with E-state index >= 15 is 0 Å². The van der Waals surface area contributed by atoms with Crippen molar-refractivity contribution in [1.29, 1.82) is 0 Å². The molecule has 1 aromatic carbocycles. The number of anilines is 1. The van der Waals surface area contributed by atoms with E-state index < -0.39 is 9.84 Å². The van der Waals surface area contributed by atoms with Crippen molar-refractivity contribution in [1.82, 2.24) is 0 Å². The van der Waals surface area contributed by atoms with Crippen LogP contribution in [0.4, 0.5) is 5.69 Å². The van der Waals surface area contributed by atoms with E-state index in [1.165, 1.54) is 31.4 Å². The molecular formula is C15H21NO3S. The summed E-state index contributed by atoms with van der Waals surface area (Å²) in [7, 11) is -3.24. The molecule has 2 rings (SSSR count). The van der Waals surface area contributed by atoms with Gasteiger partial charge in [-0.25, -0.2) is 8.42 Å². The number of carbonyl (C=O) groups excluding carboxylic acids is 1. The fourth-order valence-corrected chi connectivity index (χ4v) is 3.34. The average Bonchev–Trinajstić information content (AvgIpc) is 2.39. The minimum atomic E-state index is -3.24. The SMILES string of the molecule is CS(=O)(=O)c1cccc(NC(=O)CC2CCCCC2)c1. The molecule has 1 aliphatic carbocycles. The van der Waals surface area contributed by atoms with Crippen LogP contribution in [0, 0.1) is 5.92 Å². The van der Waals surface area contributed by atoms with E-state index in [0.717, 1.165) is 19.1 Å². The van der Waals surface area contributed by atoms with Gasteiger partial charge in [0.15, 0.2) is 9.84 Å². The molecule has 0 aromatic heterocycles. The van der Waals surface area contributed by atoms with Crippen molar-refractivity contribution >= 4 is 21.4 Å². The molecule has 0 heterocycles. The van der Waals surface area contributed by atoms with Crippen LogP contribution < -0.4 is 5.32 Å². The van der Waals surface area contributed by atoms with E-state index in [2.05, 4.69) is 5.32 Å². The van der Waals surface area contributed by atoms with Crippen molar-refractivity contribution in [3.8, 4) is 0 Å². The lowest BCUT2D eigenvalue weighted by Gasteiger charge is -2.20. The third kappa shape index (κ3) is 4.34. The monoisotopic (exact) mass is 295 g/mol. The molecule has 1 fully saturated rings. The van der Waals surface area contributed by atoms with Crippen molar-refractivity contribution in [2.75, 3.05) is 11.6 Å². The van der Waals surface area contributed by atoms with E-state index in [1.807, 2.05) is 0 Å². The molecule has 0 unspecified atom stereocenters. The summed E-state index contributed by atoms with van der Waals surface area (Å²) in [5.74, 6) is 0.449. The van der Waals surface area contributed by atoms with E-state index in [9.17, 15) is 13.2 Å². The molecule has 0 atom stereocenters. The normalized spacial score (nSPS) is 16.9. The maximum absolute atomic E-state index is 12.0. The van der Waals surface area contributed by atoms with Gasteiger partial charge in [0.1, 0.15) is 0 Å². The Bertz CT molecular complexity index is 575. The largest absolute Gasteiger partial charge is 0.326 e. The first-order valence-corrected chi connectivity index (χ1v) is 8.94. The van der Waals surface area contributed by atoms with E-state index in [4.69, 9.17) is 0 Å². The standard InChI is InChI=1S/C15H21NO3S/c1-20(18,19)14-9-5-8-13(11-14)16-15(17)10-12-6-3-2-4-7-12/h5,8-9,11-12H,2-4,6-7,10H2,1H3,(H,16,17). The minimum absolute atomic E-state index is 0.0254. The number of benzene rings is 1. The molecule has 110 valence electrons. The number of hydrogen-bond acceptors (Lipinski definition) is 3. The van der Waals surface area contributed by atoms with Crippen LogP contribution in [0.2, 0.25) is 0 Å². The van der Waals surface area contributed by atoms with Crippen LogP contribution in [0.3, 0.4) is 0 Å². The van der Waals surface area contributed by atoms with Crippen molar-refractivity contribution in [2.24, 2.45) is 5.92 Å². The summed E-state index contributed by atoms with van der Waals surface area (Å²) in [6.45, 7) is 0. The van der Waals surface area contributed by atoms with Crippen LogP contribution in [0.25, 0.3) is 0 Å². The lowest BCUT2D eigenvalue weighted by molar-refractivity contribution is -0.117. The summed E-state index contributed by atoms with van der Waals surface area (Å²) in [6, 6.07) is 6.40. The van der Waals surface area contributed by atoms with E-state index in [1.54, 1.807) is 12.1 Å². The fraction of sp³-hybridized carbons (Fsp3) is 0.533. The van der Waals surface area contributed by atoms with Gasteiger partial charge in [-0.3, -0.25) is 4.79 Å². The van der Waals surface area contributed by atoms with Crippen molar-refractivity contribution in [3.63, 3.8) is 0 Å². The Hall–Kier alpha value is -1.36. The summed E-state index contributed by atoms with van der Waals surface area (Å²) in [5.41, 5.74) is 0.550. The van der Waals surface area contributed by atoms with Crippen molar-refractivity contribution in [3.05, 3.63) is 24.3 Å². The number of hydrogen-bond donors (Lipinski definition) is 1. The van der Waals surface area contributed by atoms with Crippen LogP contribution in [0.5, 0.6) is 0 Å². The first-order valence-electron chi connectivity index (χ1n) is 7.05. The Balaban J connectivity index is 1.97. The number of amides is 1. The zero-order valence-electron chi connectivity index (χ0n) is 11.8. The maximum atomic E-state index is 12.0. The molecule has 1 amide bonds. The first-order chi connectivity index (χ1) is 9.45. The molecule has 4 nitrogen and oxygen atoms in total. The van der Waals surface area contributed by atoms with Gasteiger partial charge in [-0.15, -0.1) is 0 Å². The maximum Gasteiger partial charge on any atom is 0.224 e. The van der Waals surface area contributed by atoms with Gasteiger partial charge in [-0.2, -0.15) is 0 Å². The number of carbonyl (C=O) groups is 1. The van der Waals surface area contributed by atoms with E-state index in [-0.39, 0.29) is 10.8 Å². The highest BCUT2D eigenvalue weighted by Crippen LogP contribution is 2.26. The highest BCUT2D eigenvalue weighted by Gasteiger charge is 2.17. The lowest BCUT2D eigenvalue weighted by atomic mass is 9.87. The highest BCUT2D eigenvalue weighted by atomic mass is 32.2. The van der Waals surface area contributed by atoms with Gasteiger partial charge < -0.3 is 5.32 Å². The van der Waals surface area contributed by atoms with Gasteiger partial charge in [0.25, 0.3) is 0 Å². The first kappa shape index (κ1) is 15.0. The molecule has 0 aliphatic heterocycles. The van der Waals surface area contributed by atoms with Crippen LogP contribution in [-0.2, 0) is 14.6 Å². The molecular weight excluding hydrogens is 274 g/mol. The Morgan fingerprint density at radius 1 is 1.25 bits per heavy atom.